The average Bonchev–Trinajstić information content (AvgIpc) is 2.99. The van der Waals surface area contributed by atoms with Crippen LogP contribution in [-0.4, -0.2) is 120 Å². The smallest absolute Gasteiger partial charge is 0.222 e. The van der Waals surface area contributed by atoms with E-state index >= 15 is 0 Å². The normalized spacial score (nSPS) is 21.2. The molecule has 0 spiro atoms. The van der Waals surface area contributed by atoms with E-state index in [2.05, 4.69) is 20.0 Å². The number of nitrogens with zero attached hydrogens (tertiary/aromatic N) is 3. The molecule has 0 unspecified atom stereocenters. The van der Waals surface area contributed by atoms with Gasteiger partial charge in [-0.05, 0) is 147 Å². The van der Waals surface area contributed by atoms with Crippen LogP contribution in [0.1, 0.15) is 83.5 Å². The molecule has 3 heterocycles. The molecule has 0 aromatic heterocycles. The van der Waals surface area contributed by atoms with Gasteiger partial charge in [-0.1, -0.05) is 12.8 Å². The summed E-state index contributed by atoms with van der Waals surface area (Å²) in [5.41, 5.74) is 5.63. The van der Waals surface area contributed by atoms with Crippen molar-refractivity contribution in [2.24, 2.45) is 23.5 Å². The first kappa shape index (κ1) is 33.7. The summed E-state index contributed by atoms with van der Waals surface area (Å²) >= 11 is 0. The minimum absolute atomic E-state index is 0.106. The van der Waals surface area contributed by atoms with Gasteiger partial charge in [-0.2, -0.15) is 0 Å². The monoisotopic (exact) mass is 565 g/mol. The third-order valence-electron chi connectivity index (χ3n) is 9.76. The van der Waals surface area contributed by atoms with Crippen LogP contribution in [-0.2, 0) is 14.3 Å². The first-order valence-corrected chi connectivity index (χ1v) is 16.9. The van der Waals surface area contributed by atoms with Gasteiger partial charge in [0.25, 0.3) is 0 Å². The van der Waals surface area contributed by atoms with Crippen LogP contribution in [0.25, 0.3) is 0 Å². The summed E-state index contributed by atoms with van der Waals surface area (Å²) in [6.45, 7) is 14.8. The zero-order valence-electron chi connectivity index (χ0n) is 26.0. The van der Waals surface area contributed by atoms with Gasteiger partial charge in [0, 0.05) is 20.1 Å². The van der Waals surface area contributed by atoms with Gasteiger partial charge < -0.3 is 35.2 Å². The van der Waals surface area contributed by atoms with E-state index < -0.39 is 0 Å². The zero-order chi connectivity index (χ0) is 28.3. The Labute approximate surface area is 246 Å². The maximum Gasteiger partial charge on any atom is 0.222 e. The molecule has 40 heavy (non-hydrogen) atoms. The van der Waals surface area contributed by atoms with Crippen molar-refractivity contribution in [2.45, 2.75) is 83.5 Å². The minimum atomic E-state index is 0.106. The Morgan fingerprint density at radius 3 is 1.70 bits per heavy atom. The van der Waals surface area contributed by atoms with Crippen LogP contribution in [0.3, 0.4) is 0 Å². The molecule has 8 heteroatoms. The van der Waals surface area contributed by atoms with E-state index in [-0.39, 0.29) is 5.91 Å². The first-order chi connectivity index (χ1) is 19.7. The molecule has 0 radical (unpaired) electrons. The van der Waals surface area contributed by atoms with Crippen molar-refractivity contribution in [3.63, 3.8) is 0 Å². The van der Waals surface area contributed by atoms with Crippen LogP contribution < -0.4 is 11.1 Å². The van der Waals surface area contributed by atoms with Crippen LogP contribution in [0.4, 0.5) is 0 Å². The SMILES string of the molecule is COCCOCCC(=O)NCC1CCN(CCCCCN2CCC(C3CCN(CCCCCN)CC3)CC2)CC1. The van der Waals surface area contributed by atoms with E-state index in [1.165, 1.54) is 136 Å². The van der Waals surface area contributed by atoms with Gasteiger partial charge in [0.05, 0.1) is 19.8 Å². The molecule has 0 saturated carbocycles. The molecule has 8 nitrogen and oxygen atoms in total. The summed E-state index contributed by atoms with van der Waals surface area (Å²) in [5.74, 6) is 2.69. The summed E-state index contributed by atoms with van der Waals surface area (Å²) in [6.07, 6.45) is 16.4. The van der Waals surface area contributed by atoms with Gasteiger partial charge in [-0.25, -0.2) is 0 Å². The van der Waals surface area contributed by atoms with E-state index in [0.717, 1.165) is 24.9 Å². The number of unbranched alkanes of at least 4 members (excludes halogenated alkanes) is 4. The Morgan fingerprint density at radius 1 is 0.700 bits per heavy atom. The molecule has 0 bridgehead atoms. The fourth-order valence-corrected chi connectivity index (χ4v) is 6.97. The molecule has 3 saturated heterocycles. The third kappa shape index (κ3) is 13.9. The number of hydrogen-bond acceptors (Lipinski definition) is 7. The molecule has 0 aromatic carbocycles. The van der Waals surface area contributed by atoms with E-state index in [1.54, 1.807) is 7.11 Å². The maximum atomic E-state index is 12.0. The third-order valence-corrected chi connectivity index (χ3v) is 9.76. The summed E-state index contributed by atoms with van der Waals surface area (Å²) in [7, 11) is 1.66. The van der Waals surface area contributed by atoms with Crippen LogP contribution >= 0.6 is 0 Å². The Morgan fingerprint density at radius 2 is 1.20 bits per heavy atom. The van der Waals surface area contributed by atoms with Gasteiger partial charge >= 0.3 is 0 Å². The number of methoxy groups -OCH3 is 1. The van der Waals surface area contributed by atoms with E-state index in [1.807, 2.05) is 0 Å². The quantitative estimate of drug-likeness (QED) is 0.218. The molecule has 3 rings (SSSR count). The number of nitrogens with two attached hydrogens (primary N) is 1. The van der Waals surface area contributed by atoms with Crippen molar-refractivity contribution in [3.8, 4) is 0 Å². The summed E-state index contributed by atoms with van der Waals surface area (Å²) in [4.78, 5) is 20.1. The number of rotatable bonds is 20. The number of carbonyl (C=O) groups excluding carboxylic acids is 1. The van der Waals surface area contributed by atoms with Crippen LogP contribution in [0.15, 0.2) is 0 Å². The lowest BCUT2D eigenvalue weighted by Crippen LogP contribution is -2.41. The lowest BCUT2D eigenvalue weighted by atomic mass is 9.78. The fourth-order valence-electron chi connectivity index (χ4n) is 6.97. The van der Waals surface area contributed by atoms with Crippen molar-refractivity contribution in [2.75, 3.05) is 98.9 Å². The average molecular weight is 566 g/mol. The largest absolute Gasteiger partial charge is 0.382 e. The Hall–Kier alpha value is -0.770. The highest BCUT2D eigenvalue weighted by Gasteiger charge is 2.29. The molecule has 1 amide bonds. The minimum Gasteiger partial charge on any atom is -0.382 e. The number of carbonyl (C=O) groups is 1. The summed E-state index contributed by atoms with van der Waals surface area (Å²) in [6, 6.07) is 0. The second-order valence-corrected chi connectivity index (χ2v) is 12.7. The molecule has 3 aliphatic rings. The number of ether oxygens (including phenoxy) is 2. The van der Waals surface area contributed by atoms with Crippen molar-refractivity contribution in [1.29, 1.82) is 0 Å². The molecule has 0 aromatic rings. The van der Waals surface area contributed by atoms with Gasteiger partial charge in [-0.15, -0.1) is 0 Å². The van der Waals surface area contributed by atoms with Gasteiger partial charge in [0.2, 0.25) is 5.91 Å². The standard InChI is InChI=1S/C32H63N5O3/c1-39-26-27-40-25-14-32(38)34-28-29-8-19-35(20-9-29)17-6-3-7-18-37-23-12-31(13-24-37)30-10-21-36(22-11-30)16-5-2-4-15-33/h29-31H,2-28,33H2,1H3,(H,34,38). The predicted octanol–water partition coefficient (Wildman–Crippen LogP) is 3.59. The van der Waals surface area contributed by atoms with Crippen molar-refractivity contribution < 1.29 is 14.3 Å². The second-order valence-electron chi connectivity index (χ2n) is 12.7. The van der Waals surface area contributed by atoms with Gasteiger partial charge in [0.15, 0.2) is 0 Å². The van der Waals surface area contributed by atoms with E-state index in [0.29, 0.717) is 32.2 Å². The van der Waals surface area contributed by atoms with Crippen molar-refractivity contribution >= 4 is 5.91 Å². The van der Waals surface area contributed by atoms with Crippen LogP contribution in [0.5, 0.6) is 0 Å². The summed E-state index contributed by atoms with van der Waals surface area (Å²) < 4.78 is 10.3. The van der Waals surface area contributed by atoms with Crippen molar-refractivity contribution in [1.82, 2.24) is 20.0 Å². The Kier molecular flexibility index (Phi) is 17.7. The maximum absolute atomic E-state index is 12.0. The topological polar surface area (TPSA) is 83.3 Å². The highest BCUT2D eigenvalue weighted by molar-refractivity contribution is 5.75. The number of piperidine rings is 3. The lowest BCUT2D eigenvalue weighted by Gasteiger charge is -2.40. The fraction of sp³-hybridized carbons (Fsp3) is 0.969. The number of likely N-dealkylation sites (tertiary alicyclic amines) is 3. The number of nitrogens with one attached hydrogen (secondary N) is 1. The first-order valence-electron chi connectivity index (χ1n) is 16.9. The molecular weight excluding hydrogens is 502 g/mol. The van der Waals surface area contributed by atoms with Crippen LogP contribution in [0.2, 0.25) is 0 Å². The zero-order valence-corrected chi connectivity index (χ0v) is 26.0. The van der Waals surface area contributed by atoms with Gasteiger partial charge in [0.1, 0.15) is 0 Å². The number of amides is 1. The predicted molar refractivity (Wildman–Crippen MR) is 165 cm³/mol. The van der Waals surface area contributed by atoms with Gasteiger partial charge in [-0.3, -0.25) is 4.79 Å². The number of hydrogen-bond donors (Lipinski definition) is 2. The molecule has 3 aliphatic heterocycles. The summed E-state index contributed by atoms with van der Waals surface area (Å²) in [5, 5.41) is 3.10. The van der Waals surface area contributed by atoms with E-state index in [4.69, 9.17) is 15.2 Å². The Bertz CT molecular complexity index is 630. The lowest BCUT2D eigenvalue weighted by molar-refractivity contribution is -0.122. The van der Waals surface area contributed by atoms with Crippen molar-refractivity contribution in [3.05, 3.63) is 0 Å². The molecule has 0 atom stereocenters. The molecule has 3 N–H and O–H groups in total. The molecule has 234 valence electrons. The highest BCUT2D eigenvalue weighted by Crippen LogP contribution is 2.32. The molecule has 3 fully saturated rings. The van der Waals surface area contributed by atoms with E-state index in [9.17, 15) is 4.79 Å². The molecule has 0 aliphatic carbocycles. The second kappa shape index (κ2) is 21.0. The van der Waals surface area contributed by atoms with Crippen LogP contribution in [0, 0.1) is 17.8 Å². The highest BCUT2D eigenvalue weighted by atomic mass is 16.5. The Balaban J connectivity index is 1.12. The molecular formula is C32H63N5O3.